The molecular weight excluding hydrogens is 264 g/mol. The fourth-order valence-electron chi connectivity index (χ4n) is 2.38. The van der Waals surface area contributed by atoms with E-state index in [0.717, 1.165) is 0 Å². The molecule has 0 aliphatic carbocycles. The van der Waals surface area contributed by atoms with Gasteiger partial charge in [0.1, 0.15) is 0 Å². The molecule has 0 aromatic carbocycles. The first kappa shape index (κ1) is 16.0. The van der Waals surface area contributed by atoms with Gasteiger partial charge in [-0.3, -0.25) is 4.79 Å². The van der Waals surface area contributed by atoms with Crippen molar-refractivity contribution in [3.8, 4) is 12.3 Å². The van der Waals surface area contributed by atoms with Crippen LogP contribution in [-0.2, 0) is 14.6 Å². The summed E-state index contributed by atoms with van der Waals surface area (Å²) in [4.78, 5) is 14.0. The molecule has 0 saturated carbocycles. The Hall–Kier alpha value is -1.06. The van der Waals surface area contributed by atoms with Crippen LogP contribution in [0.4, 0.5) is 0 Å². The Labute approximate surface area is 115 Å². The van der Waals surface area contributed by atoms with E-state index in [9.17, 15) is 13.2 Å². The van der Waals surface area contributed by atoms with E-state index in [1.807, 2.05) is 13.8 Å². The van der Waals surface area contributed by atoms with Gasteiger partial charge in [-0.15, -0.1) is 6.42 Å². The minimum Gasteiger partial charge on any atom is -0.330 e. The van der Waals surface area contributed by atoms with Crippen LogP contribution in [0.25, 0.3) is 0 Å². The van der Waals surface area contributed by atoms with Crippen LogP contribution in [0.15, 0.2) is 0 Å². The molecule has 1 aliphatic heterocycles. The van der Waals surface area contributed by atoms with Crippen molar-refractivity contribution in [2.75, 3.05) is 24.6 Å². The van der Waals surface area contributed by atoms with Crippen LogP contribution < -0.4 is 5.73 Å². The molecule has 2 N–H and O–H groups in total. The summed E-state index contributed by atoms with van der Waals surface area (Å²) in [5.74, 6) is 2.25. The molecule has 1 fully saturated rings. The minimum absolute atomic E-state index is 0.00973. The lowest BCUT2D eigenvalue weighted by Crippen LogP contribution is -2.47. The second-order valence-corrected chi connectivity index (χ2v) is 7.54. The van der Waals surface area contributed by atoms with Gasteiger partial charge >= 0.3 is 0 Å². The predicted octanol–water partition coefficient (Wildman–Crippen LogP) is -0.134. The van der Waals surface area contributed by atoms with E-state index in [-0.39, 0.29) is 48.4 Å². The maximum atomic E-state index is 12.5. The Kier molecular flexibility index (Phi) is 5.39. The predicted molar refractivity (Wildman–Crippen MR) is 75.0 cm³/mol. The Morgan fingerprint density at radius 3 is 2.53 bits per heavy atom. The molecule has 1 rings (SSSR count). The van der Waals surface area contributed by atoms with E-state index in [2.05, 4.69) is 5.92 Å². The van der Waals surface area contributed by atoms with E-state index in [4.69, 9.17) is 12.2 Å². The maximum absolute atomic E-state index is 12.5. The van der Waals surface area contributed by atoms with Crippen molar-refractivity contribution < 1.29 is 13.2 Å². The molecule has 2 unspecified atom stereocenters. The Morgan fingerprint density at radius 2 is 2.16 bits per heavy atom. The van der Waals surface area contributed by atoms with Crippen molar-refractivity contribution in [2.24, 2.45) is 17.6 Å². The highest BCUT2D eigenvalue weighted by Crippen LogP contribution is 2.21. The summed E-state index contributed by atoms with van der Waals surface area (Å²) in [6.45, 7) is 4.24. The van der Waals surface area contributed by atoms with E-state index >= 15 is 0 Å². The van der Waals surface area contributed by atoms with Crippen molar-refractivity contribution >= 4 is 15.7 Å². The number of terminal acetylenes is 1. The number of carbonyl (C=O) groups is 1. The van der Waals surface area contributed by atoms with E-state index in [1.54, 1.807) is 0 Å². The van der Waals surface area contributed by atoms with Gasteiger partial charge in [-0.05, 0) is 12.3 Å². The molecule has 0 radical (unpaired) electrons. The Balaban J connectivity index is 2.89. The van der Waals surface area contributed by atoms with E-state index in [0.29, 0.717) is 6.42 Å². The molecule has 19 heavy (non-hydrogen) atoms. The van der Waals surface area contributed by atoms with Crippen molar-refractivity contribution in [2.45, 2.75) is 26.3 Å². The Morgan fingerprint density at radius 1 is 1.53 bits per heavy atom. The molecule has 0 spiro atoms. The highest BCUT2D eigenvalue weighted by atomic mass is 32.2. The monoisotopic (exact) mass is 286 g/mol. The van der Waals surface area contributed by atoms with E-state index < -0.39 is 9.84 Å². The van der Waals surface area contributed by atoms with Crippen LogP contribution in [0.2, 0.25) is 0 Å². The molecule has 108 valence electrons. The number of hydrogen-bond acceptors (Lipinski definition) is 4. The third-order valence-corrected chi connectivity index (χ3v) is 5.32. The van der Waals surface area contributed by atoms with Gasteiger partial charge in [0.25, 0.3) is 0 Å². The summed E-state index contributed by atoms with van der Waals surface area (Å²) >= 11 is 0. The van der Waals surface area contributed by atoms with Gasteiger partial charge in [0.2, 0.25) is 5.91 Å². The standard InChI is InChI=1S/C13H22N2O3S/c1-4-6-15(11-5-7-19(17,18)9-11)13(16)12(8-14)10(2)3/h1,10-12H,5-9,14H2,2-3H3. The van der Waals surface area contributed by atoms with Crippen LogP contribution in [0.5, 0.6) is 0 Å². The van der Waals surface area contributed by atoms with Crippen LogP contribution in [0.1, 0.15) is 20.3 Å². The molecule has 2 atom stereocenters. The summed E-state index contributed by atoms with van der Waals surface area (Å²) in [5, 5.41) is 0. The topological polar surface area (TPSA) is 80.5 Å². The van der Waals surface area contributed by atoms with Crippen molar-refractivity contribution in [1.29, 1.82) is 0 Å². The zero-order valence-electron chi connectivity index (χ0n) is 11.5. The number of rotatable bonds is 5. The summed E-state index contributed by atoms with van der Waals surface area (Å²) in [6, 6.07) is -0.304. The van der Waals surface area contributed by atoms with Gasteiger partial charge in [0.05, 0.1) is 24.0 Å². The van der Waals surface area contributed by atoms with Crippen LogP contribution in [0.3, 0.4) is 0 Å². The molecule has 1 saturated heterocycles. The molecule has 1 amide bonds. The minimum atomic E-state index is -3.04. The summed E-state index contributed by atoms with van der Waals surface area (Å²) in [6.07, 6.45) is 5.76. The molecule has 0 aromatic heterocycles. The normalized spacial score (nSPS) is 23.0. The highest BCUT2D eigenvalue weighted by molar-refractivity contribution is 7.91. The first-order chi connectivity index (χ1) is 8.82. The fraction of sp³-hybridized carbons (Fsp3) is 0.769. The quantitative estimate of drug-likeness (QED) is 0.714. The average Bonchev–Trinajstić information content (AvgIpc) is 2.66. The third kappa shape index (κ3) is 3.95. The SMILES string of the molecule is C#CCN(C(=O)C(CN)C(C)C)C1CCS(=O)(=O)C1. The Bertz CT molecular complexity index is 465. The number of sulfone groups is 1. The van der Waals surface area contributed by atoms with E-state index in [1.165, 1.54) is 4.90 Å². The first-order valence-corrected chi connectivity index (χ1v) is 8.29. The molecular formula is C13H22N2O3S. The molecule has 6 heteroatoms. The van der Waals surface area contributed by atoms with Crippen LogP contribution in [-0.4, -0.2) is 49.9 Å². The van der Waals surface area contributed by atoms with Gasteiger partial charge in [-0.2, -0.15) is 0 Å². The number of hydrogen-bond donors (Lipinski definition) is 1. The maximum Gasteiger partial charge on any atom is 0.228 e. The van der Waals surface area contributed by atoms with Gasteiger partial charge in [0, 0.05) is 12.6 Å². The second kappa shape index (κ2) is 6.40. The second-order valence-electron chi connectivity index (χ2n) is 5.31. The van der Waals surface area contributed by atoms with Crippen molar-refractivity contribution in [3.05, 3.63) is 0 Å². The van der Waals surface area contributed by atoms with Gasteiger partial charge < -0.3 is 10.6 Å². The van der Waals surface area contributed by atoms with Crippen LogP contribution >= 0.6 is 0 Å². The molecule has 0 aromatic rings. The van der Waals surface area contributed by atoms with Gasteiger partial charge in [-0.1, -0.05) is 19.8 Å². The summed E-state index contributed by atoms with van der Waals surface area (Å²) < 4.78 is 23.1. The summed E-state index contributed by atoms with van der Waals surface area (Å²) in [5.41, 5.74) is 5.64. The molecule has 5 nitrogen and oxygen atoms in total. The lowest BCUT2D eigenvalue weighted by Gasteiger charge is -2.31. The summed E-state index contributed by atoms with van der Waals surface area (Å²) in [7, 11) is -3.04. The van der Waals surface area contributed by atoms with Crippen molar-refractivity contribution in [1.82, 2.24) is 4.90 Å². The number of carbonyl (C=O) groups excluding carboxylic acids is 1. The van der Waals surface area contributed by atoms with Gasteiger partial charge in [0.15, 0.2) is 9.84 Å². The lowest BCUT2D eigenvalue weighted by atomic mass is 9.93. The zero-order chi connectivity index (χ0) is 14.6. The number of nitrogens with two attached hydrogens (primary N) is 1. The smallest absolute Gasteiger partial charge is 0.228 e. The number of nitrogens with zero attached hydrogens (tertiary/aromatic N) is 1. The van der Waals surface area contributed by atoms with Crippen molar-refractivity contribution in [3.63, 3.8) is 0 Å². The zero-order valence-corrected chi connectivity index (χ0v) is 12.3. The lowest BCUT2D eigenvalue weighted by molar-refractivity contribution is -0.137. The largest absolute Gasteiger partial charge is 0.330 e. The molecule has 1 aliphatic rings. The first-order valence-electron chi connectivity index (χ1n) is 6.46. The average molecular weight is 286 g/mol. The fourth-order valence-corrected chi connectivity index (χ4v) is 4.11. The molecule has 1 heterocycles. The number of amides is 1. The highest BCUT2D eigenvalue weighted by Gasteiger charge is 2.36. The third-order valence-electron chi connectivity index (χ3n) is 3.57. The molecule has 0 bridgehead atoms. The van der Waals surface area contributed by atoms with Crippen LogP contribution in [0, 0.1) is 24.2 Å². The van der Waals surface area contributed by atoms with Gasteiger partial charge in [-0.25, -0.2) is 8.42 Å².